The quantitative estimate of drug-likeness (QED) is 0.910. The molecule has 0 bridgehead atoms. The molecule has 0 spiro atoms. The first-order chi connectivity index (χ1) is 9.63. The topological polar surface area (TPSA) is 15.3 Å². The van der Waals surface area contributed by atoms with E-state index < -0.39 is 0 Å². The third-order valence-corrected chi connectivity index (χ3v) is 4.97. The molecule has 1 saturated heterocycles. The molecule has 2 aliphatic rings. The summed E-state index contributed by atoms with van der Waals surface area (Å²) in [5.74, 6) is 0.712. The van der Waals surface area contributed by atoms with Crippen LogP contribution in [0.5, 0.6) is 0 Å². The van der Waals surface area contributed by atoms with Crippen LogP contribution in [0.4, 0.5) is 0 Å². The van der Waals surface area contributed by atoms with Crippen LogP contribution in [0.25, 0.3) is 0 Å². The second kappa shape index (κ2) is 5.87. The van der Waals surface area contributed by atoms with Crippen LogP contribution < -0.4 is 5.32 Å². The molecule has 1 aromatic rings. The van der Waals surface area contributed by atoms with Crippen LogP contribution in [0.2, 0.25) is 0 Å². The number of aryl methyl sites for hydroxylation is 2. The van der Waals surface area contributed by atoms with E-state index in [9.17, 15) is 0 Å². The Hall–Kier alpha value is -0.860. The van der Waals surface area contributed by atoms with E-state index in [2.05, 4.69) is 49.2 Å². The molecule has 20 heavy (non-hydrogen) atoms. The molecule has 1 N–H and O–H groups in total. The number of rotatable bonds is 3. The molecular formula is C18H28N2. The molecule has 0 radical (unpaired) electrons. The van der Waals surface area contributed by atoms with E-state index in [4.69, 9.17) is 0 Å². The van der Waals surface area contributed by atoms with Crippen molar-refractivity contribution < 1.29 is 0 Å². The summed E-state index contributed by atoms with van der Waals surface area (Å²) in [7, 11) is 0. The number of hydrogen-bond acceptors (Lipinski definition) is 2. The molecule has 0 saturated carbocycles. The van der Waals surface area contributed by atoms with Gasteiger partial charge in [-0.05, 0) is 48.8 Å². The van der Waals surface area contributed by atoms with E-state index in [1.54, 1.807) is 11.1 Å². The smallest absolute Gasteiger partial charge is 0.0247 e. The van der Waals surface area contributed by atoms with Gasteiger partial charge in [0.15, 0.2) is 0 Å². The Morgan fingerprint density at radius 2 is 2.05 bits per heavy atom. The summed E-state index contributed by atoms with van der Waals surface area (Å²) in [4.78, 5) is 2.68. The van der Waals surface area contributed by atoms with Crippen LogP contribution in [0.1, 0.15) is 43.9 Å². The van der Waals surface area contributed by atoms with Crippen molar-refractivity contribution in [3.05, 3.63) is 34.9 Å². The lowest BCUT2D eigenvalue weighted by molar-refractivity contribution is 0.0956. The number of fused-ring (bicyclic) bond motifs is 1. The third-order valence-electron chi connectivity index (χ3n) is 4.97. The van der Waals surface area contributed by atoms with Crippen molar-refractivity contribution in [3.8, 4) is 0 Å². The van der Waals surface area contributed by atoms with Crippen molar-refractivity contribution in [2.75, 3.05) is 13.1 Å². The molecule has 2 heteroatoms. The van der Waals surface area contributed by atoms with Crippen LogP contribution >= 0.6 is 0 Å². The van der Waals surface area contributed by atoms with Gasteiger partial charge in [0.2, 0.25) is 0 Å². The highest BCUT2D eigenvalue weighted by Crippen LogP contribution is 2.25. The van der Waals surface area contributed by atoms with E-state index >= 15 is 0 Å². The lowest BCUT2D eigenvalue weighted by atomic mass is 9.97. The number of hydrogen-bond donors (Lipinski definition) is 1. The van der Waals surface area contributed by atoms with E-state index in [-0.39, 0.29) is 0 Å². The van der Waals surface area contributed by atoms with Crippen molar-refractivity contribution in [3.63, 3.8) is 0 Å². The van der Waals surface area contributed by atoms with Crippen molar-refractivity contribution in [1.82, 2.24) is 10.2 Å². The first-order valence-electron chi connectivity index (χ1n) is 8.21. The van der Waals surface area contributed by atoms with Gasteiger partial charge in [-0.15, -0.1) is 0 Å². The number of piperazine rings is 1. The van der Waals surface area contributed by atoms with Gasteiger partial charge in [-0.3, -0.25) is 4.90 Å². The fraction of sp³-hybridized carbons (Fsp3) is 0.667. The lowest BCUT2D eigenvalue weighted by Crippen LogP contribution is -2.56. The molecular weight excluding hydrogens is 244 g/mol. The van der Waals surface area contributed by atoms with Gasteiger partial charge in [-0.2, -0.15) is 0 Å². The van der Waals surface area contributed by atoms with Crippen molar-refractivity contribution in [1.29, 1.82) is 0 Å². The van der Waals surface area contributed by atoms with Gasteiger partial charge in [-0.1, -0.05) is 32.0 Å². The third kappa shape index (κ3) is 2.91. The Labute approximate surface area is 123 Å². The molecule has 2 atom stereocenters. The van der Waals surface area contributed by atoms with Gasteiger partial charge >= 0.3 is 0 Å². The normalized spacial score (nSPS) is 27.0. The highest BCUT2D eigenvalue weighted by atomic mass is 15.2. The second-order valence-electron chi connectivity index (χ2n) is 7.01. The summed E-state index contributed by atoms with van der Waals surface area (Å²) in [6, 6.07) is 8.47. The number of nitrogens with one attached hydrogen (secondary N) is 1. The van der Waals surface area contributed by atoms with E-state index in [0.717, 1.165) is 13.1 Å². The van der Waals surface area contributed by atoms with Gasteiger partial charge in [0, 0.05) is 31.7 Å². The Kier molecular flexibility index (Phi) is 4.13. The first kappa shape index (κ1) is 14.1. The predicted molar refractivity (Wildman–Crippen MR) is 85.0 cm³/mol. The highest BCUT2D eigenvalue weighted by molar-refractivity contribution is 5.35. The molecule has 1 aromatic carbocycles. The summed E-state index contributed by atoms with van der Waals surface area (Å²) >= 11 is 0. The van der Waals surface area contributed by atoms with Crippen LogP contribution in [-0.4, -0.2) is 30.1 Å². The Balaban J connectivity index is 1.74. The van der Waals surface area contributed by atoms with Gasteiger partial charge in [0.25, 0.3) is 0 Å². The zero-order valence-electron chi connectivity index (χ0n) is 13.2. The average Bonchev–Trinajstić information content (AvgIpc) is 2.85. The van der Waals surface area contributed by atoms with Gasteiger partial charge < -0.3 is 5.32 Å². The number of benzene rings is 1. The molecule has 0 amide bonds. The average molecular weight is 272 g/mol. The molecule has 2 unspecified atom stereocenters. The molecule has 0 aromatic heterocycles. The minimum absolute atomic E-state index is 0.611. The molecule has 1 aliphatic heterocycles. The molecule has 1 aliphatic carbocycles. The maximum absolute atomic E-state index is 3.63. The molecule has 1 fully saturated rings. The first-order valence-corrected chi connectivity index (χ1v) is 8.21. The Morgan fingerprint density at radius 1 is 1.25 bits per heavy atom. The molecule has 2 nitrogen and oxygen atoms in total. The minimum atomic E-state index is 0.611. The van der Waals surface area contributed by atoms with Crippen molar-refractivity contribution in [2.24, 2.45) is 5.92 Å². The predicted octanol–water partition coefficient (Wildman–Crippen LogP) is 2.99. The monoisotopic (exact) mass is 272 g/mol. The summed E-state index contributed by atoms with van der Waals surface area (Å²) in [5, 5.41) is 3.63. The SMILES string of the molecule is CC1CN(Cc2ccc3c(c2)CCC3)C(C(C)C)CN1. The molecule has 1 heterocycles. The summed E-state index contributed by atoms with van der Waals surface area (Å²) < 4.78 is 0. The maximum atomic E-state index is 3.63. The number of nitrogens with zero attached hydrogens (tertiary/aromatic N) is 1. The zero-order valence-corrected chi connectivity index (χ0v) is 13.2. The van der Waals surface area contributed by atoms with Crippen molar-refractivity contribution >= 4 is 0 Å². The van der Waals surface area contributed by atoms with Gasteiger partial charge in [0.05, 0.1) is 0 Å². The van der Waals surface area contributed by atoms with Crippen LogP contribution in [0.15, 0.2) is 18.2 Å². The van der Waals surface area contributed by atoms with E-state index in [1.165, 1.54) is 31.4 Å². The van der Waals surface area contributed by atoms with Gasteiger partial charge in [-0.25, -0.2) is 0 Å². The summed E-state index contributed by atoms with van der Waals surface area (Å²) in [6.45, 7) is 10.4. The summed E-state index contributed by atoms with van der Waals surface area (Å²) in [5.41, 5.74) is 4.69. The van der Waals surface area contributed by atoms with Crippen molar-refractivity contribution in [2.45, 2.75) is 58.7 Å². The van der Waals surface area contributed by atoms with E-state index in [0.29, 0.717) is 18.0 Å². The van der Waals surface area contributed by atoms with Crippen LogP contribution in [0.3, 0.4) is 0 Å². The second-order valence-corrected chi connectivity index (χ2v) is 7.01. The van der Waals surface area contributed by atoms with Crippen LogP contribution in [-0.2, 0) is 19.4 Å². The standard InChI is InChI=1S/C18H28N2/c1-13(2)18-10-19-14(3)11-20(18)12-15-7-8-16-5-4-6-17(16)9-15/h7-9,13-14,18-19H,4-6,10-12H2,1-3H3. The Bertz CT molecular complexity index is 466. The van der Waals surface area contributed by atoms with Gasteiger partial charge in [0.1, 0.15) is 0 Å². The fourth-order valence-corrected chi connectivity index (χ4v) is 3.80. The minimum Gasteiger partial charge on any atom is -0.311 e. The fourth-order valence-electron chi connectivity index (χ4n) is 3.80. The largest absolute Gasteiger partial charge is 0.311 e. The van der Waals surface area contributed by atoms with Crippen LogP contribution in [0, 0.1) is 5.92 Å². The maximum Gasteiger partial charge on any atom is 0.0247 e. The lowest BCUT2D eigenvalue weighted by Gasteiger charge is -2.41. The Morgan fingerprint density at radius 3 is 2.85 bits per heavy atom. The molecule has 3 rings (SSSR count). The summed E-state index contributed by atoms with van der Waals surface area (Å²) in [6.07, 6.45) is 3.92. The highest BCUT2D eigenvalue weighted by Gasteiger charge is 2.28. The zero-order chi connectivity index (χ0) is 14.1. The molecule has 110 valence electrons. The van der Waals surface area contributed by atoms with E-state index in [1.807, 2.05) is 0 Å².